The molecule has 1 N–H and O–H groups in total. The number of nitrogens with one attached hydrogen (secondary N) is 1. The van der Waals surface area contributed by atoms with Gasteiger partial charge in [0.15, 0.2) is 0 Å². The molecule has 130 valence electrons. The summed E-state index contributed by atoms with van der Waals surface area (Å²) in [7, 11) is 0. The molecule has 4 rings (SSSR count). The van der Waals surface area contributed by atoms with Crippen LogP contribution in [0.5, 0.6) is 0 Å². The Balaban J connectivity index is 1.33. The standard InChI is InChI=1S/C18H24N2O3S/c21-16(13-3-4-13)19-14-5-10-23-18(12-14)6-8-20(9-7-18)17(22)15-2-1-11-24-15/h1-2,11,13-14H,3-10,12H2,(H,19,21)/t14-/m1/s1. The van der Waals surface area contributed by atoms with E-state index >= 15 is 0 Å². The summed E-state index contributed by atoms with van der Waals surface area (Å²) < 4.78 is 6.13. The second-order valence-corrected chi connectivity index (χ2v) is 8.22. The number of ether oxygens (including phenoxy) is 1. The molecule has 2 aliphatic heterocycles. The molecule has 24 heavy (non-hydrogen) atoms. The van der Waals surface area contributed by atoms with E-state index < -0.39 is 0 Å². The smallest absolute Gasteiger partial charge is 0.263 e. The largest absolute Gasteiger partial charge is 0.375 e. The molecule has 0 unspecified atom stereocenters. The molecule has 3 aliphatic rings. The van der Waals surface area contributed by atoms with Crippen molar-refractivity contribution >= 4 is 23.2 Å². The summed E-state index contributed by atoms with van der Waals surface area (Å²) in [6, 6.07) is 4.03. The summed E-state index contributed by atoms with van der Waals surface area (Å²) in [5.41, 5.74) is -0.161. The van der Waals surface area contributed by atoms with Crippen LogP contribution in [0.15, 0.2) is 17.5 Å². The summed E-state index contributed by atoms with van der Waals surface area (Å²) in [4.78, 5) is 27.2. The second kappa shape index (κ2) is 6.48. The maximum Gasteiger partial charge on any atom is 0.263 e. The fraction of sp³-hybridized carbons (Fsp3) is 0.667. The zero-order chi connectivity index (χ0) is 16.6. The Hall–Kier alpha value is -1.40. The Morgan fingerprint density at radius 1 is 1.25 bits per heavy atom. The molecule has 1 aromatic rings. The Labute approximate surface area is 146 Å². The van der Waals surface area contributed by atoms with Gasteiger partial charge >= 0.3 is 0 Å². The van der Waals surface area contributed by atoms with Gasteiger partial charge < -0.3 is 15.0 Å². The minimum Gasteiger partial charge on any atom is -0.375 e. The van der Waals surface area contributed by atoms with E-state index in [2.05, 4.69) is 5.32 Å². The zero-order valence-electron chi connectivity index (χ0n) is 13.8. The SMILES string of the molecule is O=C(N[C@@H]1CCOC2(CCN(C(=O)c3cccs3)CC2)C1)C1CC1. The average Bonchev–Trinajstić information content (AvgIpc) is 3.30. The summed E-state index contributed by atoms with van der Waals surface area (Å²) in [5, 5.41) is 5.15. The first-order valence-corrected chi connectivity index (χ1v) is 9.80. The van der Waals surface area contributed by atoms with E-state index in [9.17, 15) is 9.59 Å². The van der Waals surface area contributed by atoms with E-state index in [1.807, 2.05) is 22.4 Å². The van der Waals surface area contributed by atoms with Crippen molar-refractivity contribution in [2.75, 3.05) is 19.7 Å². The summed E-state index contributed by atoms with van der Waals surface area (Å²) in [6.07, 6.45) is 5.59. The Kier molecular flexibility index (Phi) is 4.35. The van der Waals surface area contributed by atoms with Gasteiger partial charge in [-0.2, -0.15) is 0 Å². The third-order valence-corrected chi connectivity index (χ3v) is 6.34. The van der Waals surface area contributed by atoms with Gasteiger partial charge in [-0.3, -0.25) is 9.59 Å². The lowest BCUT2D eigenvalue weighted by Crippen LogP contribution is -2.54. The van der Waals surface area contributed by atoms with Crippen LogP contribution in [0.3, 0.4) is 0 Å². The maximum absolute atomic E-state index is 12.5. The van der Waals surface area contributed by atoms with E-state index in [4.69, 9.17) is 4.74 Å². The van der Waals surface area contributed by atoms with Crippen LogP contribution >= 0.6 is 11.3 Å². The third-order valence-electron chi connectivity index (χ3n) is 5.48. The van der Waals surface area contributed by atoms with Gasteiger partial charge in [0.25, 0.3) is 5.91 Å². The molecule has 1 atom stereocenters. The summed E-state index contributed by atoms with van der Waals surface area (Å²) in [5.74, 6) is 0.616. The van der Waals surface area contributed by atoms with Gasteiger partial charge in [-0.1, -0.05) is 6.07 Å². The lowest BCUT2D eigenvalue weighted by molar-refractivity contribution is -0.131. The number of likely N-dealkylation sites (tertiary alicyclic amines) is 1. The number of hydrogen-bond donors (Lipinski definition) is 1. The lowest BCUT2D eigenvalue weighted by atomic mass is 9.82. The van der Waals surface area contributed by atoms with Crippen LogP contribution in [-0.2, 0) is 9.53 Å². The van der Waals surface area contributed by atoms with E-state index in [-0.39, 0.29) is 29.4 Å². The molecule has 1 saturated carbocycles. The number of piperidine rings is 1. The van der Waals surface area contributed by atoms with Crippen LogP contribution < -0.4 is 5.32 Å². The number of rotatable bonds is 3. The van der Waals surface area contributed by atoms with Crippen LogP contribution in [0.4, 0.5) is 0 Å². The minimum absolute atomic E-state index is 0.134. The number of carbonyl (C=O) groups excluding carboxylic acids is 2. The van der Waals surface area contributed by atoms with Gasteiger partial charge in [-0.05, 0) is 50.0 Å². The lowest BCUT2D eigenvalue weighted by Gasteiger charge is -2.46. The molecular weight excluding hydrogens is 324 g/mol. The average molecular weight is 348 g/mol. The molecule has 0 bridgehead atoms. The highest BCUT2D eigenvalue weighted by atomic mass is 32.1. The van der Waals surface area contributed by atoms with Crippen LogP contribution in [0.25, 0.3) is 0 Å². The highest BCUT2D eigenvalue weighted by Crippen LogP contribution is 2.36. The molecule has 5 nitrogen and oxygen atoms in total. The number of nitrogens with zero attached hydrogens (tertiary/aromatic N) is 1. The van der Waals surface area contributed by atoms with Crippen molar-refractivity contribution in [1.29, 1.82) is 0 Å². The highest BCUT2D eigenvalue weighted by molar-refractivity contribution is 7.12. The molecule has 3 heterocycles. The van der Waals surface area contributed by atoms with Crippen LogP contribution in [-0.4, -0.2) is 48.1 Å². The summed E-state index contributed by atoms with van der Waals surface area (Å²) in [6.45, 7) is 2.18. The van der Waals surface area contributed by atoms with Crippen LogP contribution in [0.2, 0.25) is 0 Å². The fourth-order valence-electron chi connectivity index (χ4n) is 3.84. The number of amides is 2. The fourth-order valence-corrected chi connectivity index (χ4v) is 4.53. The zero-order valence-corrected chi connectivity index (χ0v) is 14.6. The van der Waals surface area contributed by atoms with Crippen molar-refractivity contribution in [1.82, 2.24) is 10.2 Å². The molecule has 0 aromatic carbocycles. The van der Waals surface area contributed by atoms with Crippen LogP contribution in [0, 0.1) is 5.92 Å². The normalized spacial score (nSPS) is 26.3. The molecule has 2 saturated heterocycles. The number of thiophene rings is 1. The molecule has 1 aromatic heterocycles. The van der Waals surface area contributed by atoms with E-state index in [0.717, 1.165) is 56.5 Å². The number of carbonyl (C=O) groups is 2. The molecule has 2 amide bonds. The molecule has 1 spiro atoms. The summed E-state index contributed by atoms with van der Waals surface area (Å²) >= 11 is 1.50. The third kappa shape index (κ3) is 3.35. The van der Waals surface area contributed by atoms with Gasteiger partial charge in [-0.15, -0.1) is 11.3 Å². The van der Waals surface area contributed by atoms with Gasteiger partial charge in [0.05, 0.1) is 10.5 Å². The Bertz CT molecular complexity index is 604. The first-order valence-electron chi connectivity index (χ1n) is 8.92. The molecule has 1 aliphatic carbocycles. The molecule has 6 heteroatoms. The van der Waals surface area contributed by atoms with Crippen molar-refractivity contribution in [2.24, 2.45) is 5.92 Å². The maximum atomic E-state index is 12.5. The molecule has 3 fully saturated rings. The van der Waals surface area contributed by atoms with Crippen molar-refractivity contribution in [3.63, 3.8) is 0 Å². The minimum atomic E-state index is -0.161. The van der Waals surface area contributed by atoms with Crippen molar-refractivity contribution in [3.05, 3.63) is 22.4 Å². The monoisotopic (exact) mass is 348 g/mol. The van der Waals surface area contributed by atoms with Crippen LogP contribution in [0.1, 0.15) is 48.2 Å². The van der Waals surface area contributed by atoms with Crippen molar-refractivity contribution < 1.29 is 14.3 Å². The van der Waals surface area contributed by atoms with E-state index in [0.29, 0.717) is 6.61 Å². The van der Waals surface area contributed by atoms with Crippen molar-refractivity contribution in [3.8, 4) is 0 Å². The van der Waals surface area contributed by atoms with Gasteiger partial charge in [0.2, 0.25) is 5.91 Å². The van der Waals surface area contributed by atoms with Gasteiger partial charge in [0.1, 0.15) is 0 Å². The van der Waals surface area contributed by atoms with Gasteiger partial charge in [0, 0.05) is 31.7 Å². The topological polar surface area (TPSA) is 58.6 Å². The van der Waals surface area contributed by atoms with E-state index in [1.165, 1.54) is 11.3 Å². The van der Waals surface area contributed by atoms with Gasteiger partial charge in [-0.25, -0.2) is 0 Å². The predicted octanol–water partition coefficient (Wildman–Crippen LogP) is 2.43. The molecule has 0 radical (unpaired) electrons. The predicted molar refractivity (Wildman–Crippen MR) is 92.0 cm³/mol. The molecular formula is C18H24N2O3S. The van der Waals surface area contributed by atoms with E-state index in [1.54, 1.807) is 0 Å². The Morgan fingerprint density at radius 3 is 2.71 bits per heavy atom. The second-order valence-electron chi connectivity index (χ2n) is 7.27. The highest BCUT2D eigenvalue weighted by Gasteiger charge is 2.42. The first kappa shape index (κ1) is 16.1. The first-order chi connectivity index (χ1) is 11.7. The van der Waals surface area contributed by atoms with Crippen molar-refractivity contribution in [2.45, 2.75) is 50.2 Å². The quantitative estimate of drug-likeness (QED) is 0.913. The number of hydrogen-bond acceptors (Lipinski definition) is 4. The Morgan fingerprint density at radius 2 is 2.04 bits per heavy atom.